The number of amides is 1. The zero-order valence-corrected chi connectivity index (χ0v) is 8.03. The van der Waals surface area contributed by atoms with Crippen LogP contribution in [-0.2, 0) is 4.79 Å². The van der Waals surface area contributed by atoms with Crippen molar-refractivity contribution in [3.63, 3.8) is 0 Å². The van der Waals surface area contributed by atoms with Gasteiger partial charge in [0.2, 0.25) is 0 Å². The molecule has 14 heavy (non-hydrogen) atoms. The summed E-state index contributed by atoms with van der Waals surface area (Å²) >= 11 is 0. The Bertz CT molecular complexity index is 305. The van der Waals surface area contributed by atoms with Crippen LogP contribution in [0.2, 0.25) is 0 Å². The van der Waals surface area contributed by atoms with E-state index in [9.17, 15) is 4.79 Å². The number of nitrogens with one attached hydrogen (secondary N) is 1. The second-order valence-corrected chi connectivity index (χ2v) is 2.87. The first-order valence-corrected chi connectivity index (χ1v) is 4.49. The molecule has 5 nitrogen and oxygen atoms in total. The number of nitrogens with zero attached hydrogens (tertiary/aromatic N) is 2. The van der Waals surface area contributed by atoms with Crippen LogP contribution in [0.5, 0.6) is 0 Å². The van der Waals surface area contributed by atoms with Crippen LogP contribution in [0.25, 0.3) is 0 Å². The molecule has 1 heterocycles. The predicted octanol–water partition coefficient (Wildman–Crippen LogP) is 0.354. The van der Waals surface area contributed by atoms with Gasteiger partial charge in [-0.1, -0.05) is 12.1 Å². The molecule has 0 aliphatic carbocycles. The number of carbonyl (C=O) groups excluding carboxylic acids is 1. The molecule has 0 unspecified atom stereocenters. The topological polar surface area (TPSA) is 74.0 Å². The van der Waals surface area contributed by atoms with E-state index in [1.807, 2.05) is 6.92 Å². The fraction of sp³-hybridized carbons (Fsp3) is 0.444. The average Bonchev–Trinajstić information content (AvgIpc) is 2.25. The summed E-state index contributed by atoms with van der Waals surface area (Å²) in [4.78, 5) is 15.4. The van der Waals surface area contributed by atoms with Crippen molar-refractivity contribution in [2.45, 2.75) is 13.3 Å². The van der Waals surface area contributed by atoms with Crippen LogP contribution in [0.3, 0.4) is 0 Å². The molecule has 0 saturated heterocycles. The van der Waals surface area contributed by atoms with Crippen molar-refractivity contribution in [2.75, 3.05) is 13.1 Å². The van der Waals surface area contributed by atoms with E-state index >= 15 is 0 Å². The Labute approximate surface area is 82.2 Å². The van der Waals surface area contributed by atoms with E-state index in [0.717, 1.165) is 6.42 Å². The van der Waals surface area contributed by atoms with E-state index in [4.69, 9.17) is 5.21 Å². The third-order valence-electron chi connectivity index (χ3n) is 1.80. The number of hydrogen-bond donors (Lipinski definition) is 2. The molecule has 0 atom stereocenters. The van der Waals surface area contributed by atoms with Crippen LogP contribution in [0, 0.1) is 0 Å². The van der Waals surface area contributed by atoms with Crippen LogP contribution in [0.1, 0.15) is 13.3 Å². The molecule has 1 aliphatic rings. The normalized spacial score (nSPS) is 18.1. The molecule has 5 heteroatoms. The molecule has 0 fully saturated rings. The van der Waals surface area contributed by atoms with Gasteiger partial charge >= 0.3 is 0 Å². The third-order valence-corrected chi connectivity index (χ3v) is 1.80. The highest BCUT2D eigenvalue weighted by molar-refractivity contribution is 6.25. The Hall–Kier alpha value is -1.65. The lowest BCUT2D eigenvalue weighted by molar-refractivity contribution is -0.117. The number of allylic oxidation sites excluding steroid dienone is 1. The molecule has 0 aromatic heterocycles. The largest absolute Gasteiger partial charge is 0.411 e. The SMILES string of the molecule is CCCNC(=O)C1=CC=NCC1=NO. The molecule has 0 spiro atoms. The molecule has 0 aromatic rings. The van der Waals surface area contributed by atoms with E-state index in [2.05, 4.69) is 15.5 Å². The first-order chi connectivity index (χ1) is 6.79. The third kappa shape index (κ3) is 2.42. The summed E-state index contributed by atoms with van der Waals surface area (Å²) < 4.78 is 0. The second-order valence-electron chi connectivity index (χ2n) is 2.87. The fourth-order valence-electron chi connectivity index (χ4n) is 1.07. The van der Waals surface area contributed by atoms with Crippen molar-refractivity contribution in [1.29, 1.82) is 0 Å². The van der Waals surface area contributed by atoms with Crippen LogP contribution in [0.4, 0.5) is 0 Å². The molecule has 0 saturated carbocycles. The van der Waals surface area contributed by atoms with Gasteiger partial charge in [0.25, 0.3) is 5.91 Å². The Kier molecular flexibility index (Phi) is 3.84. The van der Waals surface area contributed by atoms with Gasteiger partial charge < -0.3 is 10.5 Å². The minimum absolute atomic E-state index is 0.217. The maximum Gasteiger partial charge on any atom is 0.253 e. The Morgan fingerprint density at radius 2 is 2.57 bits per heavy atom. The van der Waals surface area contributed by atoms with E-state index in [-0.39, 0.29) is 12.5 Å². The average molecular weight is 195 g/mol. The Balaban J connectivity index is 2.69. The highest BCUT2D eigenvalue weighted by atomic mass is 16.4. The maximum atomic E-state index is 11.5. The molecular weight excluding hydrogens is 182 g/mol. The van der Waals surface area contributed by atoms with Gasteiger partial charge in [-0.15, -0.1) is 0 Å². The standard InChI is InChI=1S/C9H13N3O2/c1-2-4-11-9(13)7-3-5-10-6-8(7)12-14/h3,5,14H,2,4,6H2,1H3,(H,11,13). The van der Waals surface area contributed by atoms with Crippen LogP contribution < -0.4 is 5.32 Å². The number of hydrogen-bond acceptors (Lipinski definition) is 4. The van der Waals surface area contributed by atoms with Crippen LogP contribution in [0.15, 0.2) is 21.8 Å². The lowest BCUT2D eigenvalue weighted by Gasteiger charge is -2.09. The molecule has 0 bridgehead atoms. The molecule has 2 N–H and O–H groups in total. The summed E-state index contributed by atoms with van der Waals surface area (Å²) in [6, 6.07) is 0. The van der Waals surface area contributed by atoms with Crippen molar-refractivity contribution in [3.8, 4) is 0 Å². The lowest BCUT2D eigenvalue weighted by Crippen LogP contribution is -2.31. The molecule has 1 amide bonds. The van der Waals surface area contributed by atoms with Crippen molar-refractivity contribution in [1.82, 2.24) is 5.32 Å². The van der Waals surface area contributed by atoms with Crippen molar-refractivity contribution < 1.29 is 10.0 Å². The first kappa shape index (κ1) is 10.4. The Morgan fingerprint density at radius 1 is 1.79 bits per heavy atom. The first-order valence-electron chi connectivity index (χ1n) is 4.49. The van der Waals surface area contributed by atoms with Gasteiger partial charge in [0.05, 0.1) is 12.1 Å². The zero-order chi connectivity index (χ0) is 10.4. The van der Waals surface area contributed by atoms with Gasteiger partial charge in [-0.05, 0) is 12.5 Å². The van der Waals surface area contributed by atoms with E-state index in [1.54, 1.807) is 6.08 Å². The maximum absolute atomic E-state index is 11.5. The smallest absolute Gasteiger partial charge is 0.253 e. The summed E-state index contributed by atoms with van der Waals surface area (Å²) in [5, 5.41) is 14.4. The van der Waals surface area contributed by atoms with Crippen molar-refractivity contribution in [3.05, 3.63) is 11.6 Å². The summed E-state index contributed by atoms with van der Waals surface area (Å²) in [6.45, 7) is 2.84. The zero-order valence-electron chi connectivity index (χ0n) is 8.03. The second kappa shape index (κ2) is 5.16. The van der Waals surface area contributed by atoms with Gasteiger partial charge in [0, 0.05) is 12.8 Å². The van der Waals surface area contributed by atoms with Gasteiger partial charge in [-0.3, -0.25) is 9.79 Å². The van der Waals surface area contributed by atoms with Crippen LogP contribution in [-0.4, -0.2) is 36.1 Å². The summed E-state index contributed by atoms with van der Waals surface area (Å²) in [6.07, 6.45) is 3.96. The van der Waals surface area contributed by atoms with Gasteiger partial charge in [-0.2, -0.15) is 0 Å². The van der Waals surface area contributed by atoms with Gasteiger partial charge in [-0.25, -0.2) is 0 Å². The van der Waals surface area contributed by atoms with E-state index < -0.39 is 0 Å². The van der Waals surface area contributed by atoms with Crippen molar-refractivity contribution >= 4 is 17.8 Å². The number of rotatable bonds is 3. The predicted molar refractivity (Wildman–Crippen MR) is 54.0 cm³/mol. The number of dihydropyridines is 1. The highest BCUT2D eigenvalue weighted by Crippen LogP contribution is 2.03. The van der Waals surface area contributed by atoms with Gasteiger partial charge in [0.15, 0.2) is 0 Å². The lowest BCUT2D eigenvalue weighted by atomic mass is 10.1. The quantitative estimate of drug-likeness (QED) is 0.504. The number of oxime groups is 1. The fourth-order valence-corrected chi connectivity index (χ4v) is 1.07. The summed E-state index contributed by atoms with van der Waals surface area (Å²) in [5.41, 5.74) is 0.692. The number of aliphatic imine (C=N–C) groups is 1. The van der Waals surface area contributed by atoms with Gasteiger partial charge in [0.1, 0.15) is 5.71 Å². The minimum atomic E-state index is -0.217. The summed E-state index contributed by atoms with van der Waals surface area (Å²) in [7, 11) is 0. The molecular formula is C9H13N3O2. The van der Waals surface area contributed by atoms with Crippen LogP contribution >= 0.6 is 0 Å². The minimum Gasteiger partial charge on any atom is -0.411 e. The highest BCUT2D eigenvalue weighted by Gasteiger charge is 2.17. The molecule has 1 rings (SSSR count). The summed E-state index contributed by atoms with van der Waals surface area (Å²) in [5.74, 6) is -0.217. The molecule has 0 radical (unpaired) electrons. The molecule has 76 valence electrons. The number of carbonyl (C=O) groups is 1. The van der Waals surface area contributed by atoms with Crippen molar-refractivity contribution in [2.24, 2.45) is 10.1 Å². The Morgan fingerprint density at radius 3 is 3.21 bits per heavy atom. The monoisotopic (exact) mass is 195 g/mol. The van der Waals surface area contributed by atoms with E-state index in [0.29, 0.717) is 17.8 Å². The molecule has 1 aliphatic heterocycles. The molecule has 0 aromatic carbocycles. The van der Waals surface area contributed by atoms with E-state index in [1.165, 1.54) is 6.21 Å².